The normalized spacial score (nSPS) is 11.8. The molecule has 1 aromatic carbocycles. The van der Waals surface area contributed by atoms with Crippen molar-refractivity contribution >= 4 is 34.3 Å². The quantitative estimate of drug-likeness (QED) is 0.372. The fourth-order valence-corrected chi connectivity index (χ4v) is 3.66. The summed E-state index contributed by atoms with van der Waals surface area (Å²) in [6, 6.07) is 3.96. The van der Waals surface area contributed by atoms with Crippen LogP contribution in [0.1, 0.15) is 12.5 Å². The van der Waals surface area contributed by atoms with Gasteiger partial charge in [0, 0.05) is 36.8 Å². The Morgan fingerprint density at radius 1 is 1.32 bits per heavy atom. The Kier molecular flexibility index (Phi) is 5.20. The summed E-state index contributed by atoms with van der Waals surface area (Å²) in [6.45, 7) is 1.93. The zero-order valence-electron chi connectivity index (χ0n) is 15.2. The minimum atomic E-state index is -4.53. The van der Waals surface area contributed by atoms with E-state index in [1.165, 1.54) is 22.4 Å². The molecule has 28 heavy (non-hydrogen) atoms. The molecule has 0 aliphatic rings. The molecule has 0 saturated heterocycles. The van der Waals surface area contributed by atoms with Gasteiger partial charge in [-0.2, -0.15) is 13.2 Å². The van der Waals surface area contributed by atoms with E-state index in [0.717, 1.165) is 17.2 Å². The average Bonchev–Trinajstić information content (AvgIpc) is 2.96. The number of hydrogen-bond acceptors (Lipinski definition) is 6. The lowest BCUT2D eigenvalue weighted by Crippen LogP contribution is -2.05. The van der Waals surface area contributed by atoms with Crippen LogP contribution in [0.4, 0.5) is 24.5 Å². The molecular formula is C17H16F3N5O2S. The number of nitrogens with one attached hydrogen (secondary N) is 1. The van der Waals surface area contributed by atoms with E-state index in [1.54, 1.807) is 20.2 Å². The van der Waals surface area contributed by atoms with Gasteiger partial charge in [-0.3, -0.25) is 10.1 Å². The lowest BCUT2D eigenvalue weighted by Gasteiger charge is -2.11. The van der Waals surface area contributed by atoms with Crippen LogP contribution in [0.2, 0.25) is 0 Å². The van der Waals surface area contributed by atoms with Gasteiger partial charge in [-0.05, 0) is 17.9 Å². The minimum absolute atomic E-state index is 0.0696. The molecule has 0 saturated carbocycles. The summed E-state index contributed by atoms with van der Waals surface area (Å²) >= 11 is 1.46. The van der Waals surface area contributed by atoms with E-state index in [-0.39, 0.29) is 16.9 Å². The van der Waals surface area contributed by atoms with E-state index in [2.05, 4.69) is 15.3 Å². The summed E-state index contributed by atoms with van der Waals surface area (Å²) in [5, 5.41) is 14.2. The topological polar surface area (TPSA) is 85.9 Å². The van der Waals surface area contributed by atoms with E-state index in [9.17, 15) is 23.3 Å². The first-order valence-electron chi connectivity index (χ1n) is 8.20. The fourth-order valence-electron chi connectivity index (χ4n) is 2.84. The van der Waals surface area contributed by atoms with Crippen molar-refractivity contribution in [2.45, 2.75) is 18.0 Å². The largest absolute Gasteiger partial charge is 0.417 e. The molecule has 0 amide bonds. The molecule has 0 unspecified atom stereocenters. The molecule has 0 spiro atoms. The number of alkyl halides is 3. The number of pyridine rings is 1. The van der Waals surface area contributed by atoms with Crippen molar-refractivity contribution in [1.29, 1.82) is 0 Å². The van der Waals surface area contributed by atoms with E-state index in [4.69, 9.17) is 0 Å². The molecule has 1 N–H and O–H groups in total. The van der Waals surface area contributed by atoms with Crippen LogP contribution in [-0.2, 0) is 13.2 Å². The van der Waals surface area contributed by atoms with Crippen molar-refractivity contribution in [2.75, 3.05) is 18.1 Å². The molecule has 0 aliphatic heterocycles. The number of halogens is 3. The van der Waals surface area contributed by atoms with E-state index < -0.39 is 16.7 Å². The molecule has 2 heterocycles. The number of nitrogens with zero attached hydrogens (tertiary/aromatic N) is 4. The number of aryl methyl sites for hydroxylation is 1. The molecule has 148 valence electrons. The molecule has 11 heteroatoms. The first kappa shape index (κ1) is 19.9. The Morgan fingerprint density at radius 3 is 2.61 bits per heavy atom. The highest BCUT2D eigenvalue weighted by Gasteiger charge is 2.32. The summed E-state index contributed by atoms with van der Waals surface area (Å²) in [5.74, 6) is 1.01. The highest BCUT2D eigenvalue weighted by atomic mass is 32.2. The highest BCUT2D eigenvalue weighted by molar-refractivity contribution is 7.99. The Morgan fingerprint density at radius 2 is 2.04 bits per heavy atom. The third-order valence-electron chi connectivity index (χ3n) is 4.14. The van der Waals surface area contributed by atoms with Crippen LogP contribution in [0.3, 0.4) is 0 Å². The first-order chi connectivity index (χ1) is 13.2. The number of imidazole rings is 1. The second-order valence-electron chi connectivity index (χ2n) is 5.86. The van der Waals surface area contributed by atoms with Crippen LogP contribution >= 0.6 is 11.8 Å². The van der Waals surface area contributed by atoms with Crippen LogP contribution in [-0.4, -0.2) is 32.3 Å². The number of fused-ring (bicyclic) bond motifs is 1. The maximum atomic E-state index is 13.0. The molecule has 0 fully saturated rings. The molecule has 3 aromatic rings. The third-order valence-corrected chi connectivity index (χ3v) is 5.08. The van der Waals surface area contributed by atoms with Gasteiger partial charge < -0.3 is 9.88 Å². The van der Waals surface area contributed by atoms with Crippen molar-refractivity contribution < 1.29 is 18.1 Å². The van der Waals surface area contributed by atoms with Crippen LogP contribution in [0.5, 0.6) is 0 Å². The van der Waals surface area contributed by atoms with Gasteiger partial charge in [0.15, 0.2) is 5.65 Å². The van der Waals surface area contributed by atoms with Crippen LogP contribution < -0.4 is 5.32 Å². The summed E-state index contributed by atoms with van der Waals surface area (Å²) < 4.78 is 40.5. The van der Waals surface area contributed by atoms with Crippen molar-refractivity contribution in [3.63, 3.8) is 0 Å². The zero-order chi connectivity index (χ0) is 20.6. The van der Waals surface area contributed by atoms with Crippen molar-refractivity contribution in [3.05, 3.63) is 40.1 Å². The van der Waals surface area contributed by atoms with Gasteiger partial charge in [-0.15, -0.1) is 11.8 Å². The number of thioether (sulfide) groups is 1. The smallest absolute Gasteiger partial charge is 0.383 e. The minimum Gasteiger partial charge on any atom is -0.383 e. The maximum absolute atomic E-state index is 13.0. The second-order valence-corrected chi connectivity index (χ2v) is 7.17. The molecule has 2 aromatic heterocycles. The van der Waals surface area contributed by atoms with Crippen molar-refractivity contribution in [2.24, 2.45) is 7.05 Å². The Hall–Kier alpha value is -2.82. The summed E-state index contributed by atoms with van der Waals surface area (Å²) in [4.78, 5) is 19.8. The summed E-state index contributed by atoms with van der Waals surface area (Å²) in [5.41, 5.74) is 0.0988. The second kappa shape index (κ2) is 7.30. The van der Waals surface area contributed by atoms with Crippen LogP contribution in [0.25, 0.3) is 22.6 Å². The number of nitro benzene ring substituents is 1. The van der Waals surface area contributed by atoms with Gasteiger partial charge >= 0.3 is 6.18 Å². The molecule has 7 nitrogen and oxygen atoms in total. The number of rotatable bonds is 5. The van der Waals surface area contributed by atoms with E-state index in [1.807, 2.05) is 6.92 Å². The molecule has 0 atom stereocenters. The molecule has 0 bridgehead atoms. The van der Waals surface area contributed by atoms with Gasteiger partial charge in [0.1, 0.15) is 17.0 Å². The van der Waals surface area contributed by atoms with E-state index in [0.29, 0.717) is 22.8 Å². The Balaban J connectivity index is 2.27. The van der Waals surface area contributed by atoms with Crippen LogP contribution in [0.15, 0.2) is 29.3 Å². The van der Waals surface area contributed by atoms with Gasteiger partial charge in [-0.1, -0.05) is 6.92 Å². The summed E-state index contributed by atoms with van der Waals surface area (Å²) in [7, 11) is 3.20. The standard InChI is InChI=1S/C17H16F3N5O2S/c1-4-28-14-7-11(21-2)13(25(26)27)6-10(14)15-23-12-5-9(17(18,19)20)8-22-16(12)24(15)3/h5-8,21H,4H2,1-3H3. The highest BCUT2D eigenvalue weighted by Crippen LogP contribution is 2.39. The first-order valence-corrected chi connectivity index (χ1v) is 9.19. The van der Waals surface area contributed by atoms with Gasteiger partial charge in [-0.25, -0.2) is 9.97 Å². The van der Waals surface area contributed by atoms with Crippen molar-refractivity contribution in [3.8, 4) is 11.4 Å². The lowest BCUT2D eigenvalue weighted by atomic mass is 10.1. The average molecular weight is 411 g/mol. The van der Waals surface area contributed by atoms with Crippen LogP contribution in [0, 0.1) is 10.1 Å². The maximum Gasteiger partial charge on any atom is 0.417 e. The number of benzene rings is 1. The Bertz CT molecular complexity index is 1070. The van der Waals surface area contributed by atoms with Gasteiger partial charge in [0.25, 0.3) is 5.69 Å². The van der Waals surface area contributed by atoms with Gasteiger partial charge in [0.05, 0.1) is 10.5 Å². The third kappa shape index (κ3) is 3.49. The monoisotopic (exact) mass is 411 g/mol. The molecule has 0 radical (unpaired) electrons. The van der Waals surface area contributed by atoms with E-state index >= 15 is 0 Å². The number of nitro groups is 1. The molecule has 3 rings (SSSR count). The number of anilines is 1. The predicted molar refractivity (Wildman–Crippen MR) is 102 cm³/mol. The number of hydrogen-bond donors (Lipinski definition) is 1. The molecular weight excluding hydrogens is 395 g/mol. The SMILES string of the molecule is CCSc1cc(NC)c([N+](=O)[O-])cc1-c1nc2cc(C(F)(F)F)cnc2n1C. The molecule has 0 aliphatic carbocycles. The predicted octanol–water partition coefficient (Wildman–Crippen LogP) is 4.72. The number of aromatic nitrogens is 3. The zero-order valence-corrected chi connectivity index (χ0v) is 16.0. The van der Waals surface area contributed by atoms with Gasteiger partial charge in [0.2, 0.25) is 0 Å². The summed E-state index contributed by atoms with van der Waals surface area (Å²) in [6.07, 6.45) is -3.78. The Labute approximate surface area is 162 Å². The van der Waals surface area contributed by atoms with Crippen molar-refractivity contribution in [1.82, 2.24) is 14.5 Å². The fraction of sp³-hybridized carbons (Fsp3) is 0.294. The lowest BCUT2D eigenvalue weighted by molar-refractivity contribution is -0.383.